The second-order valence-electron chi connectivity index (χ2n) is 1.92. The van der Waals surface area contributed by atoms with Gasteiger partial charge in [-0.3, -0.25) is 0 Å². The molecule has 0 atom stereocenters. The molecule has 0 aliphatic carbocycles. The van der Waals surface area contributed by atoms with Crippen molar-refractivity contribution >= 4 is 5.84 Å². The summed E-state index contributed by atoms with van der Waals surface area (Å²) in [6.45, 7) is 3.44. The summed E-state index contributed by atoms with van der Waals surface area (Å²) < 4.78 is 5.08. The van der Waals surface area contributed by atoms with Crippen LogP contribution in [0, 0.1) is 0 Å². The third-order valence-electron chi connectivity index (χ3n) is 1.09. The van der Waals surface area contributed by atoms with E-state index < -0.39 is 0 Å². The van der Waals surface area contributed by atoms with E-state index in [4.69, 9.17) is 16.3 Å². The molecule has 0 spiro atoms. The maximum Gasteiger partial charge on any atom is 0.119 e. The van der Waals surface area contributed by atoms with Crippen LogP contribution in [0.1, 0.15) is 19.8 Å². The molecule has 0 aliphatic rings. The van der Waals surface area contributed by atoms with Gasteiger partial charge in [0.2, 0.25) is 0 Å². The first kappa shape index (κ1) is 9.23. The molecule has 0 aromatic rings. The number of hydrogen-bond donors (Lipinski definition) is 2. The van der Waals surface area contributed by atoms with Crippen molar-refractivity contribution in [2.24, 2.45) is 16.7 Å². The van der Waals surface area contributed by atoms with E-state index >= 15 is 0 Å². The Balaban J connectivity index is 3.04. The quantitative estimate of drug-likeness (QED) is 0.188. The highest BCUT2D eigenvalue weighted by atomic mass is 16.5. The van der Waals surface area contributed by atoms with E-state index in [1.54, 1.807) is 0 Å². The number of hydrazone groups is 1. The van der Waals surface area contributed by atoms with Crippen LogP contribution < -0.4 is 11.6 Å². The molecular weight excluding hydrogens is 130 g/mol. The predicted octanol–water partition coefficient (Wildman–Crippen LogP) is 0.0340. The Morgan fingerprint density at radius 3 is 2.80 bits per heavy atom. The fraction of sp³-hybridized carbons (Fsp3) is 0.833. The number of nitrogens with zero attached hydrogens (tertiary/aromatic N) is 1. The maximum absolute atomic E-state index is 5.32. The topological polar surface area (TPSA) is 73.6 Å². The van der Waals surface area contributed by atoms with Gasteiger partial charge in [-0.05, 0) is 13.3 Å². The van der Waals surface area contributed by atoms with Crippen LogP contribution in [0.4, 0.5) is 0 Å². The molecular formula is C6H15N3O. The molecule has 4 N–H and O–H groups in total. The summed E-state index contributed by atoms with van der Waals surface area (Å²) in [5.74, 6) is 5.39. The Kier molecular flexibility index (Phi) is 5.86. The van der Waals surface area contributed by atoms with Crippen LogP contribution in [-0.2, 0) is 4.74 Å². The van der Waals surface area contributed by atoms with Gasteiger partial charge in [0.05, 0.1) is 0 Å². The van der Waals surface area contributed by atoms with Crippen LogP contribution in [0.3, 0.4) is 0 Å². The molecule has 0 saturated heterocycles. The monoisotopic (exact) mass is 145 g/mol. The van der Waals surface area contributed by atoms with Crippen molar-refractivity contribution in [1.82, 2.24) is 0 Å². The molecule has 0 radical (unpaired) electrons. The van der Waals surface area contributed by atoms with Gasteiger partial charge in [0.1, 0.15) is 5.84 Å². The summed E-state index contributed by atoms with van der Waals surface area (Å²) in [4.78, 5) is 0. The highest BCUT2D eigenvalue weighted by Gasteiger charge is 1.90. The normalized spacial score (nSPS) is 11.9. The summed E-state index contributed by atoms with van der Waals surface area (Å²) in [5, 5.41) is 3.32. The summed E-state index contributed by atoms with van der Waals surface area (Å²) in [6.07, 6.45) is 1.61. The smallest absolute Gasteiger partial charge is 0.119 e. The van der Waals surface area contributed by atoms with E-state index in [2.05, 4.69) is 5.10 Å². The number of ether oxygens (including phenoxy) is 1. The van der Waals surface area contributed by atoms with Crippen LogP contribution in [0.2, 0.25) is 0 Å². The first-order valence-electron chi connectivity index (χ1n) is 3.41. The summed E-state index contributed by atoms with van der Waals surface area (Å²) >= 11 is 0. The number of amidine groups is 1. The fourth-order valence-corrected chi connectivity index (χ4v) is 0.564. The minimum Gasteiger partial charge on any atom is -0.386 e. The lowest BCUT2D eigenvalue weighted by atomic mass is 10.3. The number of rotatable bonds is 5. The summed E-state index contributed by atoms with van der Waals surface area (Å²) in [7, 11) is 0. The summed E-state index contributed by atoms with van der Waals surface area (Å²) in [6, 6.07) is 0. The van der Waals surface area contributed by atoms with Gasteiger partial charge in [-0.15, -0.1) is 0 Å². The Labute approximate surface area is 61.2 Å². The van der Waals surface area contributed by atoms with Gasteiger partial charge in [-0.1, -0.05) is 0 Å². The van der Waals surface area contributed by atoms with E-state index in [1.165, 1.54) is 0 Å². The highest BCUT2D eigenvalue weighted by Crippen LogP contribution is 1.88. The lowest BCUT2D eigenvalue weighted by molar-refractivity contribution is 0.146. The fourth-order valence-electron chi connectivity index (χ4n) is 0.564. The van der Waals surface area contributed by atoms with Crippen molar-refractivity contribution < 1.29 is 4.74 Å². The van der Waals surface area contributed by atoms with Crippen LogP contribution in [0.5, 0.6) is 0 Å². The Hall–Kier alpha value is -0.770. The molecule has 10 heavy (non-hydrogen) atoms. The number of hydrogen-bond acceptors (Lipinski definition) is 3. The van der Waals surface area contributed by atoms with Gasteiger partial charge in [-0.25, -0.2) is 0 Å². The van der Waals surface area contributed by atoms with Gasteiger partial charge >= 0.3 is 0 Å². The largest absolute Gasteiger partial charge is 0.386 e. The van der Waals surface area contributed by atoms with Gasteiger partial charge in [0, 0.05) is 19.6 Å². The molecule has 0 saturated carbocycles. The van der Waals surface area contributed by atoms with Crippen LogP contribution in [-0.4, -0.2) is 19.0 Å². The first-order valence-corrected chi connectivity index (χ1v) is 3.41. The maximum atomic E-state index is 5.32. The van der Waals surface area contributed by atoms with Crippen molar-refractivity contribution in [3.8, 4) is 0 Å². The van der Waals surface area contributed by atoms with E-state index in [0.29, 0.717) is 5.84 Å². The SMILES string of the molecule is CCOCCCC(N)=NN. The predicted molar refractivity (Wildman–Crippen MR) is 41.5 cm³/mol. The van der Waals surface area contributed by atoms with Crippen molar-refractivity contribution in [2.45, 2.75) is 19.8 Å². The average molecular weight is 145 g/mol. The molecule has 0 aromatic carbocycles. The summed E-state index contributed by atoms with van der Waals surface area (Å²) in [5.41, 5.74) is 5.32. The molecule has 4 heteroatoms. The van der Waals surface area contributed by atoms with Crippen molar-refractivity contribution in [1.29, 1.82) is 0 Å². The van der Waals surface area contributed by atoms with Gasteiger partial charge in [-0.2, -0.15) is 5.10 Å². The minimum atomic E-state index is 0.486. The molecule has 0 unspecified atom stereocenters. The van der Waals surface area contributed by atoms with Crippen LogP contribution >= 0.6 is 0 Å². The molecule has 4 nitrogen and oxygen atoms in total. The van der Waals surface area contributed by atoms with E-state index in [9.17, 15) is 0 Å². The molecule has 0 aromatic heterocycles. The highest BCUT2D eigenvalue weighted by molar-refractivity contribution is 5.79. The Morgan fingerprint density at radius 2 is 2.30 bits per heavy atom. The average Bonchev–Trinajstić information content (AvgIpc) is 1.98. The zero-order valence-electron chi connectivity index (χ0n) is 6.34. The van der Waals surface area contributed by atoms with E-state index in [-0.39, 0.29) is 0 Å². The standard InChI is InChI=1S/C6H15N3O/c1-2-10-5-3-4-6(7)9-8/h2-5,8H2,1H3,(H2,7,9). The van der Waals surface area contributed by atoms with Crippen molar-refractivity contribution in [2.75, 3.05) is 13.2 Å². The Morgan fingerprint density at radius 1 is 1.60 bits per heavy atom. The van der Waals surface area contributed by atoms with Crippen LogP contribution in [0.15, 0.2) is 5.10 Å². The van der Waals surface area contributed by atoms with E-state index in [0.717, 1.165) is 26.1 Å². The molecule has 0 heterocycles. The molecule has 0 rings (SSSR count). The van der Waals surface area contributed by atoms with Gasteiger partial charge in [0.15, 0.2) is 0 Å². The second kappa shape index (κ2) is 6.35. The van der Waals surface area contributed by atoms with Gasteiger partial charge in [0.25, 0.3) is 0 Å². The Bertz CT molecular complexity index is 103. The molecule has 0 fully saturated rings. The van der Waals surface area contributed by atoms with E-state index in [1.807, 2.05) is 6.92 Å². The molecule has 0 amide bonds. The third kappa shape index (κ3) is 5.37. The van der Waals surface area contributed by atoms with Crippen LogP contribution in [0.25, 0.3) is 0 Å². The lowest BCUT2D eigenvalue weighted by Gasteiger charge is -1.99. The van der Waals surface area contributed by atoms with Crippen molar-refractivity contribution in [3.63, 3.8) is 0 Å². The zero-order valence-corrected chi connectivity index (χ0v) is 6.34. The first-order chi connectivity index (χ1) is 4.81. The third-order valence-corrected chi connectivity index (χ3v) is 1.09. The molecule has 0 bridgehead atoms. The molecule has 0 aliphatic heterocycles. The minimum absolute atomic E-state index is 0.486. The zero-order chi connectivity index (χ0) is 7.82. The van der Waals surface area contributed by atoms with Gasteiger partial charge < -0.3 is 16.3 Å². The lowest BCUT2D eigenvalue weighted by Crippen LogP contribution is -2.14. The second-order valence-corrected chi connectivity index (χ2v) is 1.92. The number of nitrogens with two attached hydrogens (primary N) is 2. The van der Waals surface area contributed by atoms with Crippen molar-refractivity contribution in [3.05, 3.63) is 0 Å². The molecule has 60 valence electrons.